The highest BCUT2D eigenvalue weighted by atomic mass is 16.6. The molecule has 0 saturated heterocycles. The van der Waals surface area contributed by atoms with Crippen molar-refractivity contribution in [3.05, 3.63) is 27.9 Å². The van der Waals surface area contributed by atoms with E-state index in [2.05, 4.69) is 15.7 Å². The summed E-state index contributed by atoms with van der Waals surface area (Å²) >= 11 is 0. The molecule has 0 aliphatic rings. The molecule has 0 saturated carbocycles. The third-order valence-electron chi connectivity index (χ3n) is 2.00. The van der Waals surface area contributed by atoms with E-state index in [0.717, 1.165) is 6.20 Å². The van der Waals surface area contributed by atoms with E-state index in [1.807, 2.05) is 6.92 Å². The van der Waals surface area contributed by atoms with Crippen LogP contribution in [0.4, 0.5) is 11.5 Å². The van der Waals surface area contributed by atoms with Gasteiger partial charge in [-0.25, -0.2) is 9.99 Å². The maximum Gasteiger partial charge on any atom is 0.288 e. The minimum absolute atomic E-state index is 0.139. The molecule has 8 heteroatoms. The van der Waals surface area contributed by atoms with Crippen LogP contribution < -0.4 is 10.7 Å². The predicted octanol–water partition coefficient (Wildman–Crippen LogP) is 0.628. The highest BCUT2D eigenvalue weighted by molar-refractivity contribution is 5.99. The number of rotatable bonds is 5. The number of pyridine rings is 1. The quantitative estimate of drug-likeness (QED) is 0.589. The number of aromatic nitrogens is 1. The van der Waals surface area contributed by atoms with E-state index < -0.39 is 10.8 Å². The lowest BCUT2D eigenvalue weighted by Gasteiger charge is -2.14. The van der Waals surface area contributed by atoms with Gasteiger partial charge in [-0.15, -0.1) is 0 Å². The fourth-order valence-electron chi connectivity index (χ4n) is 1.30. The summed E-state index contributed by atoms with van der Waals surface area (Å²) in [6.45, 7) is 2.41. The lowest BCUT2D eigenvalue weighted by Crippen LogP contribution is -2.36. The van der Waals surface area contributed by atoms with Crippen LogP contribution in [0.2, 0.25) is 0 Å². The lowest BCUT2D eigenvalue weighted by molar-refractivity contribution is -0.385. The molecule has 0 bridgehead atoms. The van der Waals surface area contributed by atoms with Crippen LogP contribution in [0.1, 0.15) is 17.3 Å². The number of nitrogens with one attached hydrogen (secondary N) is 2. The zero-order valence-corrected chi connectivity index (χ0v) is 10.4. The molecule has 0 radical (unpaired) electrons. The van der Waals surface area contributed by atoms with Gasteiger partial charge in [0.05, 0.1) is 10.5 Å². The van der Waals surface area contributed by atoms with Gasteiger partial charge >= 0.3 is 0 Å². The number of carbonyl (C=O) groups is 1. The molecule has 1 heterocycles. The topological polar surface area (TPSA) is 100 Å². The van der Waals surface area contributed by atoms with Crippen molar-refractivity contribution in [3.8, 4) is 0 Å². The molecule has 18 heavy (non-hydrogen) atoms. The first-order valence-corrected chi connectivity index (χ1v) is 5.32. The zero-order chi connectivity index (χ0) is 13.7. The van der Waals surface area contributed by atoms with E-state index in [-0.39, 0.29) is 11.3 Å². The summed E-state index contributed by atoms with van der Waals surface area (Å²) in [4.78, 5) is 25.8. The smallest absolute Gasteiger partial charge is 0.288 e. The van der Waals surface area contributed by atoms with Gasteiger partial charge in [0.25, 0.3) is 11.6 Å². The van der Waals surface area contributed by atoms with Crippen molar-refractivity contribution in [1.29, 1.82) is 0 Å². The van der Waals surface area contributed by atoms with E-state index in [9.17, 15) is 14.9 Å². The SMILES string of the molecule is CCNc1ncc([N+](=O)[O-])cc1C(=O)NN(C)C. The summed E-state index contributed by atoms with van der Waals surface area (Å²) in [5.41, 5.74) is 2.43. The molecule has 1 amide bonds. The summed E-state index contributed by atoms with van der Waals surface area (Å²) in [5.74, 6) is -0.130. The minimum atomic E-state index is -0.588. The van der Waals surface area contributed by atoms with Crippen molar-refractivity contribution in [2.24, 2.45) is 0 Å². The first kappa shape index (κ1) is 13.8. The third-order valence-corrected chi connectivity index (χ3v) is 2.00. The molecule has 98 valence electrons. The van der Waals surface area contributed by atoms with E-state index in [1.54, 1.807) is 14.1 Å². The lowest BCUT2D eigenvalue weighted by atomic mass is 10.2. The van der Waals surface area contributed by atoms with Crippen molar-refractivity contribution in [2.75, 3.05) is 26.0 Å². The molecule has 0 unspecified atom stereocenters. The van der Waals surface area contributed by atoms with Gasteiger partial charge in [0.15, 0.2) is 0 Å². The van der Waals surface area contributed by atoms with Crippen LogP contribution in [0.25, 0.3) is 0 Å². The minimum Gasteiger partial charge on any atom is -0.370 e. The number of hydrazine groups is 1. The highest BCUT2D eigenvalue weighted by Crippen LogP contribution is 2.18. The molecule has 0 aliphatic carbocycles. The molecule has 1 aromatic rings. The van der Waals surface area contributed by atoms with Crippen molar-refractivity contribution in [3.63, 3.8) is 0 Å². The molecular weight excluding hydrogens is 238 g/mol. The highest BCUT2D eigenvalue weighted by Gasteiger charge is 2.18. The van der Waals surface area contributed by atoms with Crippen LogP contribution in [-0.2, 0) is 0 Å². The first-order valence-electron chi connectivity index (χ1n) is 5.32. The van der Waals surface area contributed by atoms with E-state index in [4.69, 9.17) is 0 Å². The Hall–Kier alpha value is -2.22. The summed E-state index contributed by atoms with van der Waals surface area (Å²) in [5, 5.41) is 15.0. The molecule has 8 nitrogen and oxygen atoms in total. The molecule has 0 aliphatic heterocycles. The van der Waals surface area contributed by atoms with Gasteiger partial charge in [0.2, 0.25) is 0 Å². The van der Waals surface area contributed by atoms with Crippen LogP contribution in [0.5, 0.6) is 0 Å². The Labute approximate surface area is 104 Å². The number of amides is 1. The Morgan fingerprint density at radius 2 is 2.22 bits per heavy atom. The Kier molecular flexibility index (Phi) is 4.55. The first-order chi connectivity index (χ1) is 8.45. The molecule has 0 atom stereocenters. The largest absolute Gasteiger partial charge is 0.370 e. The summed E-state index contributed by atoms with van der Waals surface area (Å²) in [6, 6.07) is 1.20. The van der Waals surface area contributed by atoms with Crippen LogP contribution in [-0.4, -0.2) is 41.5 Å². The van der Waals surface area contributed by atoms with E-state index in [0.29, 0.717) is 12.4 Å². The van der Waals surface area contributed by atoms with Crippen LogP contribution >= 0.6 is 0 Å². The van der Waals surface area contributed by atoms with Crippen molar-refractivity contribution in [2.45, 2.75) is 6.92 Å². The number of hydrogen-bond donors (Lipinski definition) is 2. The van der Waals surface area contributed by atoms with Gasteiger partial charge in [-0.1, -0.05) is 0 Å². The molecule has 1 aromatic heterocycles. The van der Waals surface area contributed by atoms with Gasteiger partial charge in [-0.3, -0.25) is 20.3 Å². The second-order valence-corrected chi connectivity index (χ2v) is 3.71. The Morgan fingerprint density at radius 1 is 1.56 bits per heavy atom. The maximum absolute atomic E-state index is 11.9. The normalized spacial score (nSPS) is 10.2. The van der Waals surface area contributed by atoms with Crippen molar-refractivity contribution < 1.29 is 9.72 Å². The Balaban J connectivity index is 3.14. The monoisotopic (exact) mass is 253 g/mol. The maximum atomic E-state index is 11.9. The number of anilines is 1. The van der Waals surface area contributed by atoms with Gasteiger partial charge < -0.3 is 5.32 Å². The number of carbonyl (C=O) groups excluding carboxylic acids is 1. The van der Waals surface area contributed by atoms with Gasteiger partial charge in [-0.05, 0) is 6.92 Å². The van der Waals surface area contributed by atoms with E-state index >= 15 is 0 Å². The second kappa shape index (κ2) is 5.92. The average Bonchev–Trinajstić information content (AvgIpc) is 2.28. The number of hydrogen-bond acceptors (Lipinski definition) is 6. The van der Waals surface area contributed by atoms with Gasteiger partial charge in [-0.2, -0.15) is 0 Å². The fourth-order valence-corrected chi connectivity index (χ4v) is 1.30. The van der Waals surface area contributed by atoms with Crippen molar-refractivity contribution in [1.82, 2.24) is 15.4 Å². The molecule has 0 aromatic carbocycles. The van der Waals surface area contributed by atoms with Gasteiger partial charge in [0.1, 0.15) is 12.0 Å². The van der Waals surface area contributed by atoms with Crippen LogP contribution in [0.3, 0.4) is 0 Å². The summed E-state index contributed by atoms with van der Waals surface area (Å²) < 4.78 is 0. The average molecular weight is 253 g/mol. The number of nitrogens with zero attached hydrogens (tertiary/aromatic N) is 3. The Morgan fingerprint density at radius 3 is 2.72 bits per heavy atom. The molecule has 0 fully saturated rings. The Bertz CT molecular complexity index is 461. The predicted molar refractivity (Wildman–Crippen MR) is 66.2 cm³/mol. The molecule has 2 N–H and O–H groups in total. The third kappa shape index (κ3) is 3.39. The second-order valence-electron chi connectivity index (χ2n) is 3.71. The molecule has 1 rings (SSSR count). The molecule has 0 spiro atoms. The molecular formula is C10H15N5O3. The van der Waals surface area contributed by atoms with Crippen molar-refractivity contribution >= 4 is 17.4 Å². The zero-order valence-electron chi connectivity index (χ0n) is 10.4. The summed E-state index contributed by atoms with van der Waals surface area (Å²) in [6.07, 6.45) is 1.12. The fraction of sp³-hybridized carbons (Fsp3) is 0.400. The van der Waals surface area contributed by atoms with E-state index in [1.165, 1.54) is 11.1 Å². The van der Waals surface area contributed by atoms with Crippen LogP contribution in [0.15, 0.2) is 12.3 Å². The van der Waals surface area contributed by atoms with Gasteiger partial charge in [0, 0.05) is 26.7 Å². The van der Waals surface area contributed by atoms with Crippen LogP contribution in [0, 0.1) is 10.1 Å². The number of nitro groups is 1. The standard InChI is InChI=1S/C10H15N5O3/c1-4-11-9-8(10(16)13-14(2)3)5-7(6-12-9)15(17)18/h5-6H,4H2,1-3H3,(H,11,12)(H,13,16). The summed E-state index contributed by atoms with van der Waals surface area (Å²) in [7, 11) is 3.30.